The molecule has 0 saturated carbocycles. The summed E-state index contributed by atoms with van der Waals surface area (Å²) in [6.07, 6.45) is 11.0. The Morgan fingerprint density at radius 3 is 2.34 bits per heavy atom. The third-order valence-corrected chi connectivity index (χ3v) is 12.0. The molecule has 3 saturated heterocycles. The first-order chi connectivity index (χ1) is 28.3. The van der Waals surface area contributed by atoms with Crippen LogP contribution in [0.1, 0.15) is 64.3 Å². The molecule has 15 heteroatoms. The van der Waals surface area contributed by atoms with Gasteiger partial charge in [-0.25, -0.2) is 4.98 Å². The number of aromatic amines is 1. The predicted molar refractivity (Wildman–Crippen MR) is 220 cm³/mol. The number of aryl methyl sites for hydroxylation is 1. The first kappa shape index (κ1) is 37.4. The first-order valence-corrected chi connectivity index (χ1v) is 20.2. The Kier molecular flexibility index (Phi) is 10.3. The van der Waals surface area contributed by atoms with Crippen molar-refractivity contribution in [3.05, 3.63) is 96.5 Å². The van der Waals surface area contributed by atoms with Gasteiger partial charge in [0, 0.05) is 87.0 Å². The van der Waals surface area contributed by atoms with E-state index in [-0.39, 0.29) is 18.7 Å². The van der Waals surface area contributed by atoms with Crippen LogP contribution in [0.5, 0.6) is 0 Å². The van der Waals surface area contributed by atoms with Gasteiger partial charge >= 0.3 is 0 Å². The van der Waals surface area contributed by atoms with Crippen LogP contribution in [0.3, 0.4) is 0 Å². The van der Waals surface area contributed by atoms with Gasteiger partial charge in [0.1, 0.15) is 11.7 Å². The van der Waals surface area contributed by atoms with E-state index in [1.165, 1.54) is 5.56 Å². The Balaban J connectivity index is 0.736. The third kappa shape index (κ3) is 7.50. The molecule has 15 nitrogen and oxygen atoms in total. The minimum absolute atomic E-state index is 0.101. The number of carbonyl (C=O) groups is 4. The van der Waals surface area contributed by atoms with Crippen molar-refractivity contribution in [1.82, 2.24) is 44.7 Å². The van der Waals surface area contributed by atoms with Crippen molar-refractivity contribution in [2.45, 2.75) is 50.6 Å². The molecule has 3 fully saturated rings. The monoisotopic (exact) mass is 781 g/mol. The lowest BCUT2D eigenvalue weighted by Gasteiger charge is -2.38. The Morgan fingerprint density at radius 1 is 0.828 bits per heavy atom. The van der Waals surface area contributed by atoms with Crippen LogP contribution in [0, 0.1) is 0 Å². The summed E-state index contributed by atoms with van der Waals surface area (Å²) in [5, 5.41) is 11.1. The van der Waals surface area contributed by atoms with Crippen LogP contribution in [0.2, 0.25) is 0 Å². The third-order valence-electron chi connectivity index (χ3n) is 12.0. The number of piperidine rings is 2. The van der Waals surface area contributed by atoms with Gasteiger partial charge in [-0.05, 0) is 86.7 Å². The fourth-order valence-corrected chi connectivity index (χ4v) is 8.67. The fraction of sp³-hybridized carbons (Fsp3) is 0.372. The smallest absolute Gasteiger partial charge is 0.262 e. The quantitative estimate of drug-likeness (QED) is 0.120. The number of likely N-dealkylation sites (tertiary alicyclic amines) is 1. The van der Waals surface area contributed by atoms with Crippen LogP contribution in [0.25, 0.3) is 22.3 Å². The molecule has 0 spiro atoms. The van der Waals surface area contributed by atoms with Crippen LogP contribution in [-0.2, 0) is 16.1 Å². The summed E-state index contributed by atoms with van der Waals surface area (Å²) >= 11 is 0. The largest absolute Gasteiger partial charge is 0.369 e. The summed E-state index contributed by atoms with van der Waals surface area (Å²) in [6.45, 7) is 12.2. The number of anilines is 3. The second-order valence-corrected chi connectivity index (χ2v) is 15.6. The predicted octanol–water partition coefficient (Wildman–Crippen LogP) is 4.54. The minimum atomic E-state index is -0.962. The highest BCUT2D eigenvalue weighted by atomic mass is 16.2. The molecule has 3 aromatic heterocycles. The van der Waals surface area contributed by atoms with Gasteiger partial charge in [-0.15, -0.1) is 6.58 Å². The maximum Gasteiger partial charge on any atom is 0.262 e. The van der Waals surface area contributed by atoms with E-state index in [0.717, 1.165) is 117 Å². The van der Waals surface area contributed by atoms with Gasteiger partial charge in [-0.1, -0.05) is 18.2 Å². The molecule has 298 valence electrons. The lowest BCUT2D eigenvalue weighted by molar-refractivity contribution is -0.136. The fourth-order valence-electron chi connectivity index (χ4n) is 8.67. The summed E-state index contributed by atoms with van der Waals surface area (Å²) < 4.78 is 1.91. The van der Waals surface area contributed by atoms with Crippen molar-refractivity contribution in [1.29, 1.82) is 0 Å². The maximum atomic E-state index is 13.3. The molecule has 3 N–H and O–H groups in total. The number of allylic oxidation sites excluding steroid dienone is 1. The zero-order valence-corrected chi connectivity index (χ0v) is 32.4. The number of fused-ring (bicyclic) bond motifs is 2. The molecular weight excluding hydrogens is 735 g/mol. The lowest BCUT2D eigenvalue weighted by Crippen LogP contribution is -2.54. The van der Waals surface area contributed by atoms with Gasteiger partial charge < -0.3 is 20.1 Å². The molecule has 0 radical (unpaired) electrons. The second-order valence-electron chi connectivity index (χ2n) is 15.6. The number of imide groups is 2. The van der Waals surface area contributed by atoms with Gasteiger partial charge in [0.15, 0.2) is 0 Å². The van der Waals surface area contributed by atoms with E-state index in [1.54, 1.807) is 12.1 Å². The van der Waals surface area contributed by atoms with Crippen molar-refractivity contribution < 1.29 is 19.2 Å². The van der Waals surface area contributed by atoms with E-state index in [0.29, 0.717) is 23.0 Å². The lowest BCUT2D eigenvalue weighted by atomic mass is 9.89. The zero-order chi connectivity index (χ0) is 39.8. The average Bonchev–Trinajstić information content (AvgIpc) is 3.98. The van der Waals surface area contributed by atoms with Crippen molar-refractivity contribution in [3.63, 3.8) is 0 Å². The molecule has 4 amide bonds. The molecule has 5 aromatic rings. The maximum absolute atomic E-state index is 13.3. The number of aromatic nitrogens is 5. The van der Waals surface area contributed by atoms with Crippen molar-refractivity contribution in [3.8, 4) is 11.3 Å². The van der Waals surface area contributed by atoms with Crippen LogP contribution < -0.4 is 15.5 Å². The number of hydrogen-bond acceptors (Lipinski definition) is 11. The zero-order valence-electron chi connectivity index (χ0n) is 32.4. The van der Waals surface area contributed by atoms with Crippen LogP contribution in [-0.4, -0.2) is 121 Å². The number of amides is 4. The summed E-state index contributed by atoms with van der Waals surface area (Å²) in [5.41, 5.74) is 6.37. The van der Waals surface area contributed by atoms with Gasteiger partial charge in [0.2, 0.25) is 17.8 Å². The summed E-state index contributed by atoms with van der Waals surface area (Å²) in [5.74, 6) is -0.878. The number of nitrogens with zero attached hydrogens (tertiary/aromatic N) is 8. The van der Waals surface area contributed by atoms with E-state index in [4.69, 9.17) is 9.97 Å². The van der Waals surface area contributed by atoms with E-state index >= 15 is 0 Å². The van der Waals surface area contributed by atoms with E-state index < -0.39 is 23.8 Å². The van der Waals surface area contributed by atoms with Gasteiger partial charge in [0.25, 0.3) is 11.8 Å². The summed E-state index contributed by atoms with van der Waals surface area (Å²) in [6, 6.07) is 15.1. The Labute approximate surface area is 336 Å². The standard InChI is InChI=1S/C43H47N11O4/c1-2-3-16-53-27-30(26-45-53)38-34-12-15-44-39(34)49-43(48-38)46-31-6-4-28(5-7-31)29-13-17-50(18-14-29)19-20-51-21-23-52(24-22-51)32-8-9-33-35(25-32)42(58)54(41(33)57)36-10-11-37(55)47-40(36)56/h2,4-9,12,15,25-27,29,36H,1,3,10-11,13-14,16-24H2,(H,47,55,56)(H2,44,46,48,49). The SMILES string of the molecule is C=CCCn1cc(-c2nc(Nc3ccc(C4CCN(CCN5CCN(c6ccc7c(c6)C(=O)N(C6CCC(=O)NC6=O)C7=O)CC5)CC4)cc3)nc3[nH]ccc23)cn1. The van der Waals surface area contributed by atoms with E-state index in [1.807, 2.05) is 41.5 Å². The molecule has 0 aliphatic carbocycles. The highest BCUT2D eigenvalue weighted by Crippen LogP contribution is 2.33. The van der Waals surface area contributed by atoms with E-state index in [2.05, 4.69) is 66.3 Å². The number of H-pyrrole nitrogens is 1. The molecule has 7 heterocycles. The molecular formula is C43H47N11O4. The Morgan fingerprint density at radius 2 is 1.59 bits per heavy atom. The molecule has 58 heavy (non-hydrogen) atoms. The highest BCUT2D eigenvalue weighted by Gasteiger charge is 2.44. The highest BCUT2D eigenvalue weighted by molar-refractivity contribution is 6.23. The van der Waals surface area contributed by atoms with Gasteiger partial charge in [0.05, 0.1) is 23.0 Å². The molecule has 1 unspecified atom stereocenters. The van der Waals surface area contributed by atoms with Crippen molar-refractivity contribution in [2.24, 2.45) is 0 Å². The normalized spacial score (nSPS) is 19.6. The Hall–Kier alpha value is -6.19. The van der Waals surface area contributed by atoms with Crippen molar-refractivity contribution >= 4 is 52.0 Å². The molecule has 4 aliphatic heterocycles. The molecule has 9 rings (SSSR count). The topological polar surface area (TPSA) is 165 Å². The van der Waals surface area contributed by atoms with Crippen molar-refractivity contribution in [2.75, 3.05) is 62.6 Å². The second kappa shape index (κ2) is 16.0. The van der Waals surface area contributed by atoms with Gasteiger partial charge in [-0.3, -0.25) is 39.0 Å². The molecule has 0 bridgehead atoms. The summed E-state index contributed by atoms with van der Waals surface area (Å²) in [4.78, 5) is 71.7. The molecule has 1 atom stereocenters. The Bertz CT molecular complexity index is 2370. The number of hydrogen-bond donors (Lipinski definition) is 3. The number of rotatable bonds is 12. The minimum Gasteiger partial charge on any atom is -0.369 e. The number of piperazine rings is 1. The van der Waals surface area contributed by atoms with Crippen LogP contribution in [0.15, 0.2) is 79.8 Å². The number of nitrogens with one attached hydrogen (secondary N) is 3. The van der Waals surface area contributed by atoms with Crippen LogP contribution in [0.4, 0.5) is 17.3 Å². The van der Waals surface area contributed by atoms with Gasteiger partial charge in [-0.2, -0.15) is 10.1 Å². The first-order valence-electron chi connectivity index (χ1n) is 20.2. The van der Waals surface area contributed by atoms with E-state index in [9.17, 15) is 19.2 Å². The van der Waals surface area contributed by atoms with Crippen LogP contribution >= 0.6 is 0 Å². The average molecular weight is 782 g/mol. The number of benzene rings is 2. The number of carbonyl (C=O) groups excluding carboxylic acids is 4. The molecule has 2 aromatic carbocycles. The summed E-state index contributed by atoms with van der Waals surface area (Å²) in [7, 11) is 0. The molecule has 4 aliphatic rings.